The zero-order valence-electron chi connectivity index (χ0n) is 19.4. The number of fused-ring (bicyclic) bond motifs is 2. The van der Waals surface area contributed by atoms with Gasteiger partial charge in [0.25, 0.3) is 0 Å². The molecule has 1 aromatic carbocycles. The Labute approximate surface area is 205 Å². The number of benzene rings is 1. The van der Waals surface area contributed by atoms with E-state index in [-0.39, 0.29) is 5.91 Å². The van der Waals surface area contributed by atoms with Crippen molar-refractivity contribution >= 4 is 39.7 Å². The third-order valence-electron chi connectivity index (χ3n) is 6.26. The van der Waals surface area contributed by atoms with Gasteiger partial charge in [-0.2, -0.15) is 0 Å². The Bertz CT molecular complexity index is 1100. The van der Waals surface area contributed by atoms with E-state index in [1.54, 1.807) is 11.3 Å². The number of anilines is 1. The predicted molar refractivity (Wildman–Crippen MR) is 129 cm³/mol. The summed E-state index contributed by atoms with van der Waals surface area (Å²) >= 11 is 1.68. The average Bonchev–Trinajstić information content (AvgIpc) is 3.22. The van der Waals surface area contributed by atoms with Crippen LogP contribution in [0.5, 0.6) is 0 Å². The summed E-state index contributed by atoms with van der Waals surface area (Å²) in [6.07, 6.45) is 5.37. The molecule has 13 heteroatoms. The minimum absolute atomic E-state index is 0.0590. The van der Waals surface area contributed by atoms with Crippen molar-refractivity contribution in [3.63, 3.8) is 0 Å². The summed E-state index contributed by atoms with van der Waals surface area (Å²) in [6, 6.07) is 3.59. The van der Waals surface area contributed by atoms with Gasteiger partial charge in [-0.25, -0.2) is 9.78 Å². The highest BCUT2D eigenvalue weighted by Crippen LogP contribution is 2.38. The van der Waals surface area contributed by atoms with E-state index in [9.17, 15) is 29.8 Å². The molecule has 12 nitrogen and oxygen atoms in total. The molecule has 188 valence electrons. The van der Waals surface area contributed by atoms with Crippen LogP contribution in [0.25, 0.3) is 0 Å². The fraction of sp³-hybridized carbons (Fsp3) is 0.500. The molecule has 2 N–H and O–H groups in total. The number of amides is 1. The molecule has 1 fully saturated rings. The number of nitrogens with one attached hydrogen (secondary N) is 1. The number of nitro groups is 2. The van der Waals surface area contributed by atoms with Crippen LogP contribution in [0.3, 0.4) is 0 Å². The summed E-state index contributed by atoms with van der Waals surface area (Å²) in [7, 11) is 0. The van der Waals surface area contributed by atoms with Crippen LogP contribution >= 0.6 is 11.3 Å². The van der Waals surface area contributed by atoms with Crippen LogP contribution in [0.4, 0.5) is 16.5 Å². The Balaban J connectivity index is 0.000000205. The van der Waals surface area contributed by atoms with Gasteiger partial charge in [0.2, 0.25) is 5.91 Å². The fourth-order valence-corrected chi connectivity index (χ4v) is 5.64. The highest BCUT2D eigenvalue weighted by atomic mass is 32.1. The largest absolute Gasteiger partial charge is 0.477 e. The van der Waals surface area contributed by atoms with Crippen LogP contribution in [0.1, 0.15) is 54.0 Å². The van der Waals surface area contributed by atoms with Gasteiger partial charge in [-0.15, -0.1) is 11.3 Å². The number of carbonyl (C=O) groups excluding carboxylic acids is 1. The maximum absolute atomic E-state index is 11.5. The number of likely N-dealkylation sites (N-methyl/N-ethyl adjacent to an activating group) is 1. The highest BCUT2D eigenvalue weighted by molar-refractivity contribution is 7.15. The van der Waals surface area contributed by atoms with E-state index in [1.807, 2.05) is 6.92 Å². The number of nitrogens with zero attached hydrogens (tertiary/aromatic N) is 4. The van der Waals surface area contributed by atoms with Crippen molar-refractivity contribution < 1.29 is 24.5 Å². The van der Waals surface area contributed by atoms with E-state index in [0.717, 1.165) is 48.6 Å². The number of thiazole rings is 1. The average molecular weight is 506 g/mol. The molecule has 0 saturated carbocycles. The third-order valence-corrected chi connectivity index (χ3v) is 7.30. The monoisotopic (exact) mass is 505 g/mol. The second-order valence-electron chi connectivity index (χ2n) is 8.29. The van der Waals surface area contributed by atoms with Crippen molar-refractivity contribution in [2.24, 2.45) is 5.92 Å². The smallest absolute Gasteiger partial charge is 0.360 e. The second kappa shape index (κ2) is 11.3. The third kappa shape index (κ3) is 5.98. The summed E-state index contributed by atoms with van der Waals surface area (Å²) < 4.78 is 0. The molecule has 0 radical (unpaired) electrons. The van der Waals surface area contributed by atoms with E-state index in [0.29, 0.717) is 12.5 Å². The van der Waals surface area contributed by atoms with E-state index >= 15 is 0 Å². The summed E-state index contributed by atoms with van der Waals surface area (Å²) in [6.45, 7) is 6.52. The molecule has 1 aliphatic heterocycles. The summed E-state index contributed by atoms with van der Waals surface area (Å²) in [5.41, 5.74) is -1.30. The van der Waals surface area contributed by atoms with Gasteiger partial charge >= 0.3 is 17.3 Å². The van der Waals surface area contributed by atoms with E-state index in [2.05, 4.69) is 22.1 Å². The number of carbonyl (C=O) groups is 2. The van der Waals surface area contributed by atoms with E-state index in [1.165, 1.54) is 30.0 Å². The number of hydrogen-bond acceptors (Lipinski definition) is 9. The summed E-state index contributed by atoms with van der Waals surface area (Å²) in [5.74, 6) is -0.762. The van der Waals surface area contributed by atoms with E-state index < -0.39 is 32.8 Å². The molecular formula is C22H27N5O7S. The van der Waals surface area contributed by atoms with Gasteiger partial charge in [0.1, 0.15) is 5.56 Å². The molecule has 0 unspecified atom stereocenters. The van der Waals surface area contributed by atoms with Gasteiger partial charge < -0.3 is 15.3 Å². The standard InChI is InChI=1S/C15H23N3OS.C7H4N2O6/c1-3-14(19)17-15-16-11-8-10-6-5-7-18(4-2)12(10)9-13(11)20-15;10-7(11)4-2-1-3-5(8(12)13)6(4)9(14)15/h10,12H,3-9H2,1-2H3,(H,16,17,19);1-3H,(H,10,11)/t10-,12-;/m1./s1. The van der Waals surface area contributed by atoms with Gasteiger partial charge in [-0.05, 0) is 50.8 Å². The van der Waals surface area contributed by atoms with Gasteiger partial charge in [0.15, 0.2) is 5.13 Å². The van der Waals surface area contributed by atoms with Crippen molar-refractivity contribution in [2.45, 2.75) is 52.0 Å². The van der Waals surface area contributed by atoms with Crippen molar-refractivity contribution in [3.05, 3.63) is 54.6 Å². The number of carboxylic acids is 1. The van der Waals surface area contributed by atoms with Crippen LogP contribution in [-0.2, 0) is 17.6 Å². The number of likely N-dealkylation sites (tertiary alicyclic amines) is 1. The van der Waals surface area contributed by atoms with Crippen molar-refractivity contribution in [3.8, 4) is 0 Å². The second-order valence-corrected chi connectivity index (χ2v) is 9.37. The minimum Gasteiger partial charge on any atom is -0.477 e. The number of rotatable bonds is 6. The predicted octanol–water partition coefficient (Wildman–Crippen LogP) is 3.89. The molecule has 2 atom stereocenters. The molecule has 2 heterocycles. The number of aromatic nitrogens is 1. The molecule has 2 aliphatic rings. The van der Waals surface area contributed by atoms with Crippen LogP contribution in [0, 0.1) is 26.1 Å². The molecule has 0 spiro atoms. The molecule has 4 rings (SSSR count). The zero-order chi connectivity index (χ0) is 25.7. The van der Waals surface area contributed by atoms with Gasteiger partial charge in [0, 0.05) is 23.4 Å². The van der Waals surface area contributed by atoms with Gasteiger partial charge in [0.05, 0.1) is 15.5 Å². The van der Waals surface area contributed by atoms with Crippen LogP contribution in [0.15, 0.2) is 18.2 Å². The first-order valence-corrected chi connectivity index (χ1v) is 12.1. The highest BCUT2D eigenvalue weighted by Gasteiger charge is 2.36. The van der Waals surface area contributed by atoms with Gasteiger partial charge in [-0.3, -0.25) is 25.0 Å². The molecule has 35 heavy (non-hydrogen) atoms. The molecule has 1 aromatic heterocycles. The zero-order valence-corrected chi connectivity index (χ0v) is 20.2. The van der Waals surface area contributed by atoms with Crippen LogP contribution in [-0.4, -0.2) is 55.8 Å². The Morgan fingerprint density at radius 1 is 1.23 bits per heavy atom. The Morgan fingerprint density at radius 2 is 1.97 bits per heavy atom. The Hall–Kier alpha value is -3.45. The fourth-order valence-electron chi connectivity index (χ4n) is 4.58. The lowest BCUT2D eigenvalue weighted by Gasteiger charge is -2.43. The number of nitro benzene ring substituents is 2. The lowest BCUT2D eigenvalue weighted by Crippen LogP contribution is -2.48. The van der Waals surface area contributed by atoms with Crippen molar-refractivity contribution in [2.75, 3.05) is 18.4 Å². The number of carboxylic acid groups (broad SMARTS) is 1. The van der Waals surface area contributed by atoms with Crippen molar-refractivity contribution in [1.82, 2.24) is 9.88 Å². The quantitative estimate of drug-likeness (QED) is 0.437. The molecule has 1 saturated heterocycles. The molecular weight excluding hydrogens is 478 g/mol. The van der Waals surface area contributed by atoms with Crippen LogP contribution in [0.2, 0.25) is 0 Å². The summed E-state index contributed by atoms with van der Waals surface area (Å²) in [4.78, 5) is 49.5. The van der Waals surface area contributed by atoms with E-state index in [4.69, 9.17) is 5.11 Å². The van der Waals surface area contributed by atoms with Crippen LogP contribution < -0.4 is 5.32 Å². The topological polar surface area (TPSA) is 169 Å². The molecule has 0 bridgehead atoms. The lowest BCUT2D eigenvalue weighted by atomic mass is 9.79. The molecule has 2 aromatic rings. The normalized spacial score (nSPS) is 18.9. The number of hydrogen-bond donors (Lipinski definition) is 2. The first-order valence-electron chi connectivity index (χ1n) is 11.3. The first kappa shape index (κ1) is 26.2. The minimum atomic E-state index is -1.58. The number of aromatic carboxylic acids is 1. The SMILES string of the molecule is CCC(=O)Nc1nc2c(s1)C[C@@H]1[C@H](CCCN1CC)C2.O=C(O)c1cccc([N+](=O)[O-])c1[N+](=O)[O-]. The summed E-state index contributed by atoms with van der Waals surface area (Å²) in [5, 5.41) is 33.2. The van der Waals surface area contributed by atoms with Gasteiger partial charge in [-0.1, -0.05) is 19.9 Å². The van der Waals surface area contributed by atoms with Crippen molar-refractivity contribution in [1.29, 1.82) is 0 Å². The number of piperidine rings is 1. The lowest BCUT2D eigenvalue weighted by molar-refractivity contribution is -0.422. The molecule has 1 amide bonds. The Kier molecular flexibility index (Phi) is 8.46. The Morgan fingerprint density at radius 3 is 2.57 bits per heavy atom. The number of para-hydroxylation sites is 1. The maximum Gasteiger partial charge on any atom is 0.360 e. The first-order chi connectivity index (χ1) is 16.7. The maximum atomic E-state index is 11.5. The molecule has 1 aliphatic carbocycles.